The molecule has 2 heterocycles. The van der Waals surface area contributed by atoms with Crippen molar-refractivity contribution in [3.05, 3.63) is 67.8 Å². The lowest BCUT2D eigenvalue weighted by molar-refractivity contribution is -0.141. The maximum absolute atomic E-state index is 13.4. The van der Waals surface area contributed by atoms with Gasteiger partial charge in [-0.25, -0.2) is 17.7 Å². The van der Waals surface area contributed by atoms with Gasteiger partial charge in [-0.1, -0.05) is 18.2 Å². The van der Waals surface area contributed by atoms with Gasteiger partial charge in [-0.05, 0) is 48.9 Å². The number of aryl methyl sites for hydroxylation is 2. The van der Waals surface area contributed by atoms with E-state index in [4.69, 9.17) is 9.84 Å². The predicted molar refractivity (Wildman–Crippen MR) is 151 cm³/mol. The molecule has 1 amide bonds. The van der Waals surface area contributed by atoms with Crippen LogP contribution >= 0.6 is 22.7 Å². The Balaban J connectivity index is 1.78. The molecule has 2 aromatic heterocycles. The Labute approximate surface area is 236 Å². The molecule has 3 rings (SSSR count). The van der Waals surface area contributed by atoms with Crippen LogP contribution in [0.2, 0.25) is 0 Å². The number of benzene rings is 1. The standard InChI is InChI=1S/C26H33N3O7S3/c1-18-24(22(31)17-39(34,35)28(2)13-14-30)27-23(38-18)16-29(12-4-6-21-7-5-15-37-21)26(33)25(32)19-8-10-20(36-3)11-9-19/h5,7-11,15,25,30,32H,4,6,12-14,16-17H2,1-3H3/t25-/m1/s1. The van der Waals surface area contributed by atoms with E-state index in [1.807, 2.05) is 17.5 Å². The second kappa shape index (κ2) is 14.1. The molecular weight excluding hydrogens is 563 g/mol. The first-order chi connectivity index (χ1) is 18.6. The summed E-state index contributed by atoms with van der Waals surface area (Å²) in [6, 6.07) is 10.6. The topological polar surface area (TPSA) is 137 Å². The van der Waals surface area contributed by atoms with Crippen molar-refractivity contribution in [1.82, 2.24) is 14.2 Å². The Kier molecular flexibility index (Phi) is 11.2. The van der Waals surface area contributed by atoms with Gasteiger partial charge < -0.3 is 19.8 Å². The second-order valence-electron chi connectivity index (χ2n) is 8.86. The lowest BCUT2D eigenvalue weighted by Gasteiger charge is -2.24. The number of Topliss-reactive ketones (excluding diaryl/α,β-unsaturated/α-hetero) is 1. The number of carbonyl (C=O) groups excluding carboxylic acids is 2. The number of rotatable bonds is 15. The third-order valence-corrected chi connectivity index (χ3v) is 9.69. The molecule has 0 saturated heterocycles. The average Bonchev–Trinajstić information content (AvgIpc) is 3.56. The van der Waals surface area contributed by atoms with E-state index in [1.54, 1.807) is 42.5 Å². The summed E-state index contributed by atoms with van der Waals surface area (Å²) in [6.45, 7) is 1.62. The molecule has 0 aliphatic heterocycles. The molecule has 0 aliphatic carbocycles. The summed E-state index contributed by atoms with van der Waals surface area (Å²) in [4.78, 5) is 33.8. The van der Waals surface area contributed by atoms with E-state index < -0.39 is 33.6 Å². The van der Waals surface area contributed by atoms with E-state index in [9.17, 15) is 23.1 Å². The van der Waals surface area contributed by atoms with E-state index in [0.29, 0.717) is 34.2 Å². The molecule has 2 N–H and O–H groups in total. The zero-order valence-corrected chi connectivity index (χ0v) is 24.5. The molecule has 13 heteroatoms. The SMILES string of the molecule is COc1ccc([C@@H](O)C(=O)N(CCCc2cccs2)Cc2nc(C(=O)CS(=O)(=O)N(C)CCO)c(C)s2)cc1. The summed E-state index contributed by atoms with van der Waals surface area (Å²) in [5, 5.41) is 22.3. The highest BCUT2D eigenvalue weighted by Crippen LogP contribution is 2.24. The van der Waals surface area contributed by atoms with Crippen molar-refractivity contribution in [2.75, 3.05) is 39.6 Å². The van der Waals surface area contributed by atoms with Gasteiger partial charge >= 0.3 is 0 Å². The summed E-state index contributed by atoms with van der Waals surface area (Å²) in [5.74, 6) is -1.33. The van der Waals surface area contributed by atoms with Gasteiger partial charge in [-0.15, -0.1) is 22.7 Å². The van der Waals surface area contributed by atoms with E-state index in [0.717, 1.165) is 10.7 Å². The monoisotopic (exact) mass is 595 g/mol. The van der Waals surface area contributed by atoms with Crippen molar-refractivity contribution in [1.29, 1.82) is 0 Å². The number of amides is 1. The Hall–Kier alpha value is -2.68. The number of aromatic nitrogens is 1. The number of methoxy groups -OCH3 is 1. The van der Waals surface area contributed by atoms with E-state index in [1.165, 1.54) is 35.3 Å². The van der Waals surface area contributed by atoms with Gasteiger partial charge in [-0.2, -0.15) is 0 Å². The first-order valence-corrected chi connectivity index (χ1v) is 15.5. The Bertz CT molecular complexity index is 1340. The Morgan fingerprint density at radius 3 is 2.49 bits per heavy atom. The number of thiophene rings is 1. The molecule has 0 bridgehead atoms. The first kappa shape index (κ1) is 30.9. The normalized spacial score (nSPS) is 12.5. The van der Waals surface area contributed by atoms with Crippen molar-refractivity contribution < 1.29 is 33.0 Å². The van der Waals surface area contributed by atoms with Crippen LogP contribution in [0, 0.1) is 6.92 Å². The van der Waals surface area contributed by atoms with E-state index >= 15 is 0 Å². The van der Waals surface area contributed by atoms with Crippen LogP contribution in [-0.2, 0) is 27.8 Å². The van der Waals surface area contributed by atoms with Crippen LogP contribution in [0.5, 0.6) is 5.75 Å². The van der Waals surface area contributed by atoms with Crippen molar-refractivity contribution in [3.8, 4) is 5.75 Å². The number of hydrogen-bond donors (Lipinski definition) is 2. The fraction of sp³-hybridized carbons (Fsp3) is 0.423. The van der Waals surface area contributed by atoms with Gasteiger partial charge in [0.05, 0.1) is 20.3 Å². The van der Waals surface area contributed by atoms with Gasteiger partial charge in [-0.3, -0.25) is 9.59 Å². The average molecular weight is 596 g/mol. The zero-order valence-electron chi connectivity index (χ0n) is 22.1. The summed E-state index contributed by atoms with van der Waals surface area (Å²) >= 11 is 2.84. The molecule has 1 atom stereocenters. The van der Waals surface area contributed by atoms with Gasteiger partial charge in [0.15, 0.2) is 11.9 Å². The van der Waals surface area contributed by atoms with Crippen LogP contribution in [-0.4, -0.2) is 84.1 Å². The van der Waals surface area contributed by atoms with E-state index in [2.05, 4.69) is 4.98 Å². The summed E-state index contributed by atoms with van der Waals surface area (Å²) < 4.78 is 31.0. The number of ketones is 1. The van der Waals surface area contributed by atoms with Gasteiger partial charge in [0.25, 0.3) is 5.91 Å². The molecule has 0 unspecified atom stereocenters. The summed E-state index contributed by atoms with van der Waals surface area (Å²) in [5.41, 5.74) is 0.463. The summed E-state index contributed by atoms with van der Waals surface area (Å²) in [6.07, 6.45) is 0.0274. The number of carbonyl (C=O) groups is 2. The fourth-order valence-electron chi connectivity index (χ4n) is 3.83. The van der Waals surface area contributed by atoms with Gasteiger partial charge in [0.2, 0.25) is 10.0 Å². The van der Waals surface area contributed by atoms with Crippen molar-refractivity contribution in [2.45, 2.75) is 32.4 Å². The smallest absolute Gasteiger partial charge is 0.256 e. The highest BCUT2D eigenvalue weighted by atomic mass is 32.2. The molecule has 0 saturated carbocycles. The highest BCUT2D eigenvalue weighted by Gasteiger charge is 2.28. The van der Waals surface area contributed by atoms with Crippen LogP contribution in [0.4, 0.5) is 0 Å². The Morgan fingerprint density at radius 2 is 1.87 bits per heavy atom. The number of aliphatic hydroxyl groups is 2. The maximum Gasteiger partial charge on any atom is 0.256 e. The number of likely N-dealkylation sites (N-methyl/N-ethyl adjacent to an activating group) is 1. The Morgan fingerprint density at radius 1 is 1.15 bits per heavy atom. The molecule has 10 nitrogen and oxygen atoms in total. The van der Waals surface area contributed by atoms with Crippen LogP contribution in [0.1, 0.15) is 43.3 Å². The molecule has 39 heavy (non-hydrogen) atoms. The quantitative estimate of drug-likeness (QED) is 0.256. The van der Waals surface area contributed by atoms with Crippen LogP contribution in [0.15, 0.2) is 41.8 Å². The molecule has 0 fully saturated rings. The number of sulfonamides is 1. The maximum atomic E-state index is 13.4. The third kappa shape index (κ3) is 8.40. The minimum Gasteiger partial charge on any atom is -0.497 e. The van der Waals surface area contributed by atoms with Crippen LogP contribution in [0.25, 0.3) is 0 Å². The third-order valence-electron chi connectivity index (χ3n) is 6.04. The van der Waals surface area contributed by atoms with Crippen LogP contribution < -0.4 is 4.74 Å². The number of ether oxygens (including phenoxy) is 1. The lowest BCUT2D eigenvalue weighted by atomic mass is 10.1. The minimum absolute atomic E-state index is 0.0395. The predicted octanol–water partition coefficient (Wildman–Crippen LogP) is 2.65. The molecule has 0 spiro atoms. The van der Waals surface area contributed by atoms with E-state index in [-0.39, 0.29) is 25.4 Å². The first-order valence-electron chi connectivity index (χ1n) is 12.2. The largest absolute Gasteiger partial charge is 0.497 e. The number of hydrogen-bond acceptors (Lipinski definition) is 10. The molecule has 0 radical (unpaired) electrons. The minimum atomic E-state index is -3.91. The fourth-order valence-corrected chi connectivity index (χ4v) is 6.60. The van der Waals surface area contributed by atoms with Gasteiger partial charge in [0, 0.05) is 29.9 Å². The summed E-state index contributed by atoms with van der Waals surface area (Å²) in [7, 11) is -1.08. The molecule has 0 aliphatic rings. The number of aliphatic hydroxyl groups excluding tert-OH is 2. The van der Waals surface area contributed by atoms with Crippen molar-refractivity contribution in [2.24, 2.45) is 0 Å². The zero-order chi connectivity index (χ0) is 28.6. The molecule has 3 aromatic rings. The molecule has 1 aromatic carbocycles. The molecular formula is C26H33N3O7S3. The second-order valence-corrected chi connectivity index (χ2v) is 13.3. The lowest BCUT2D eigenvalue weighted by Crippen LogP contribution is -2.36. The number of nitrogens with zero attached hydrogens (tertiary/aromatic N) is 3. The van der Waals surface area contributed by atoms with Gasteiger partial charge in [0.1, 0.15) is 22.2 Å². The number of thiazole rings is 1. The van der Waals surface area contributed by atoms with Crippen LogP contribution in [0.3, 0.4) is 0 Å². The van der Waals surface area contributed by atoms with Crippen molar-refractivity contribution >= 4 is 44.4 Å². The molecule has 212 valence electrons. The highest BCUT2D eigenvalue weighted by molar-refractivity contribution is 7.89. The van der Waals surface area contributed by atoms with Crippen molar-refractivity contribution in [3.63, 3.8) is 0 Å².